The average molecular weight is 595 g/mol. The molecule has 0 saturated carbocycles. The summed E-state index contributed by atoms with van der Waals surface area (Å²) in [4.78, 5) is 38.9. The van der Waals surface area contributed by atoms with Gasteiger partial charge in [0.1, 0.15) is 11.2 Å². The highest BCUT2D eigenvalue weighted by atomic mass is 19.2. The number of nitrogens with one attached hydrogen (secondary N) is 1. The minimum atomic E-state index is -1.84. The van der Waals surface area contributed by atoms with Crippen molar-refractivity contribution < 1.29 is 41.4 Å². The number of rotatable bonds is 8. The summed E-state index contributed by atoms with van der Waals surface area (Å²) in [5, 5.41) is 2.54. The maximum Gasteiger partial charge on any atom is 0.405 e. The summed E-state index contributed by atoms with van der Waals surface area (Å²) >= 11 is 0. The maximum atomic E-state index is 13.9. The monoisotopic (exact) mass is 594 g/mol. The van der Waals surface area contributed by atoms with Crippen molar-refractivity contribution >= 4 is 23.8 Å². The fourth-order valence-corrected chi connectivity index (χ4v) is 4.95. The van der Waals surface area contributed by atoms with Gasteiger partial charge in [-0.3, -0.25) is 4.79 Å². The predicted molar refractivity (Wildman–Crippen MR) is 146 cm³/mol. The van der Waals surface area contributed by atoms with Gasteiger partial charge >= 0.3 is 12.2 Å². The Morgan fingerprint density at radius 3 is 2.00 bits per heavy atom. The van der Waals surface area contributed by atoms with E-state index < -0.39 is 69.7 Å². The van der Waals surface area contributed by atoms with Crippen LogP contribution >= 0.6 is 0 Å². The van der Waals surface area contributed by atoms with Crippen LogP contribution in [0.25, 0.3) is 0 Å². The van der Waals surface area contributed by atoms with Gasteiger partial charge in [-0.1, -0.05) is 59.4 Å². The third-order valence-electron chi connectivity index (χ3n) is 6.70. The Bertz CT molecular complexity index is 1370. The van der Waals surface area contributed by atoms with Gasteiger partial charge in [0.2, 0.25) is 0 Å². The number of halogens is 4. The molecule has 5 N–H and O–H groups in total. The highest BCUT2D eigenvalue weighted by Crippen LogP contribution is 2.50. The summed E-state index contributed by atoms with van der Waals surface area (Å²) in [5.74, 6) is -3.54. The number of primary amides is 2. The zero-order valence-electron chi connectivity index (χ0n) is 24.2. The summed E-state index contributed by atoms with van der Waals surface area (Å²) in [5.41, 5.74) is 7.55. The lowest BCUT2D eigenvalue weighted by molar-refractivity contribution is -0.145. The quantitative estimate of drug-likeness (QED) is 0.208. The van der Waals surface area contributed by atoms with E-state index >= 15 is 0 Å². The lowest BCUT2D eigenvalue weighted by Crippen LogP contribution is -2.57. The minimum absolute atomic E-state index is 0.00201. The molecule has 9 nitrogen and oxygen atoms in total. The van der Waals surface area contributed by atoms with E-state index in [1.165, 1.54) is 24.3 Å². The first-order valence-corrected chi connectivity index (χ1v) is 12.9. The van der Waals surface area contributed by atoms with Crippen LogP contribution in [0, 0.1) is 46.2 Å². The van der Waals surface area contributed by atoms with E-state index in [0.717, 1.165) is 0 Å². The number of hydrogen-bond donors (Lipinski definition) is 3. The van der Waals surface area contributed by atoms with Gasteiger partial charge in [-0.25, -0.2) is 18.4 Å². The van der Waals surface area contributed by atoms with Crippen LogP contribution in [0.1, 0.15) is 71.9 Å². The van der Waals surface area contributed by atoms with Crippen LogP contribution in [-0.2, 0) is 14.3 Å². The molecule has 0 saturated heterocycles. The van der Waals surface area contributed by atoms with Crippen molar-refractivity contribution in [3.05, 3.63) is 58.9 Å². The number of carbonyl (C=O) groups is 3. The second kappa shape index (κ2) is 13.1. The van der Waals surface area contributed by atoms with Gasteiger partial charge in [0.15, 0.2) is 17.7 Å². The number of nitrogens with zero attached hydrogens (tertiary/aromatic N) is 1. The van der Waals surface area contributed by atoms with Crippen molar-refractivity contribution in [1.29, 1.82) is 0 Å². The van der Waals surface area contributed by atoms with Gasteiger partial charge < -0.3 is 26.3 Å². The molecule has 0 aliphatic heterocycles. The first-order chi connectivity index (χ1) is 19.3. The zero-order chi connectivity index (χ0) is 32.0. The van der Waals surface area contributed by atoms with E-state index in [0.29, 0.717) is 0 Å². The average Bonchev–Trinajstić information content (AvgIpc) is 2.84. The molecule has 42 heavy (non-hydrogen) atoms. The summed E-state index contributed by atoms with van der Waals surface area (Å²) < 4.78 is 65.2. The molecule has 0 spiro atoms. The molecule has 228 valence electrons. The molecule has 1 aromatic heterocycles. The highest BCUT2D eigenvalue weighted by molar-refractivity contribution is 5.95. The Balaban J connectivity index is 2.26. The molecular weight excluding hydrogens is 560 g/mol. The molecule has 0 aliphatic carbocycles. The van der Waals surface area contributed by atoms with E-state index in [-0.39, 0.29) is 30.5 Å². The number of amides is 3. The van der Waals surface area contributed by atoms with Gasteiger partial charge in [-0.2, -0.15) is 13.8 Å². The third kappa shape index (κ3) is 8.11. The van der Waals surface area contributed by atoms with E-state index in [4.69, 9.17) is 20.9 Å². The van der Waals surface area contributed by atoms with Crippen molar-refractivity contribution in [1.82, 2.24) is 4.98 Å². The molecule has 0 bridgehead atoms. The Morgan fingerprint density at radius 2 is 1.50 bits per heavy atom. The first kappa shape index (κ1) is 33.9. The molecule has 0 radical (unpaired) electrons. The normalized spacial score (nSPS) is 12.5. The third-order valence-corrected chi connectivity index (χ3v) is 6.70. The molecule has 0 fully saturated rings. The Hall–Kier alpha value is -4.34. The topological polar surface area (TPSA) is 147 Å². The Morgan fingerprint density at radius 1 is 0.929 bits per heavy atom. The zero-order valence-corrected chi connectivity index (χ0v) is 24.2. The maximum absolute atomic E-state index is 13.9. The summed E-state index contributed by atoms with van der Waals surface area (Å²) in [6, 6.07) is 5.65. The predicted octanol–water partition coefficient (Wildman–Crippen LogP) is 5.54. The smallest absolute Gasteiger partial charge is 0.405 e. The lowest BCUT2D eigenvalue weighted by atomic mass is 9.60. The fourth-order valence-electron chi connectivity index (χ4n) is 4.95. The molecule has 3 amide bonds. The van der Waals surface area contributed by atoms with Crippen LogP contribution in [0.15, 0.2) is 24.3 Å². The molecule has 1 atom stereocenters. The molecule has 1 heterocycles. The van der Waals surface area contributed by atoms with Gasteiger partial charge in [0.05, 0.1) is 0 Å². The first-order valence-electron chi connectivity index (χ1n) is 12.9. The van der Waals surface area contributed by atoms with Crippen LogP contribution in [0.3, 0.4) is 0 Å². The fraction of sp³-hybridized carbons (Fsp3) is 0.448. The molecule has 2 aromatic rings. The van der Waals surface area contributed by atoms with E-state index in [2.05, 4.69) is 16.2 Å². The van der Waals surface area contributed by atoms with Gasteiger partial charge in [0, 0.05) is 22.1 Å². The molecule has 1 aromatic carbocycles. The van der Waals surface area contributed by atoms with Crippen LogP contribution in [0.5, 0.6) is 0 Å². The molecule has 0 unspecified atom stereocenters. The van der Waals surface area contributed by atoms with Crippen molar-refractivity contribution in [3.63, 3.8) is 0 Å². The summed E-state index contributed by atoms with van der Waals surface area (Å²) in [6.07, 6.45) is -2.95. The number of aromatic nitrogens is 1. The van der Waals surface area contributed by atoms with Crippen LogP contribution in [0.2, 0.25) is 0 Å². The largest absolute Gasteiger partial charge is 0.442 e. The molecule has 0 aliphatic rings. The van der Waals surface area contributed by atoms with Crippen molar-refractivity contribution in [2.75, 3.05) is 5.32 Å². The number of anilines is 1. The second-order valence-corrected chi connectivity index (χ2v) is 11.6. The lowest BCUT2D eigenvalue weighted by Gasteiger charge is -2.52. The number of ether oxygens (including phenoxy) is 2. The number of hydrogen-bond acceptors (Lipinski definition) is 6. The van der Waals surface area contributed by atoms with Gasteiger partial charge in [-0.15, -0.1) is 0 Å². The van der Waals surface area contributed by atoms with Gasteiger partial charge in [-0.05, 0) is 37.5 Å². The Labute approximate surface area is 241 Å². The number of nitrogens with two attached hydrogens (primary N) is 2. The van der Waals surface area contributed by atoms with Crippen LogP contribution in [0.4, 0.5) is 32.8 Å². The van der Waals surface area contributed by atoms with E-state index in [9.17, 15) is 31.9 Å². The second-order valence-electron chi connectivity index (χ2n) is 11.6. The van der Waals surface area contributed by atoms with Crippen LogP contribution < -0.4 is 16.8 Å². The number of carbonyl (C=O) groups excluding carboxylic acids is 3. The molecule has 2 rings (SSSR count). The number of pyridine rings is 1. The van der Waals surface area contributed by atoms with Crippen LogP contribution in [-0.4, -0.2) is 34.8 Å². The summed E-state index contributed by atoms with van der Waals surface area (Å²) in [6.45, 7) is 11.4. The minimum Gasteiger partial charge on any atom is -0.442 e. The molecule has 13 heteroatoms. The van der Waals surface area contributed by atoms with E-state index in [1.54, 1.807) is 0 Å². The molecular formula is C29H34F4N4O5. The van der Waals surface area contributed by atoms with Crippen molar-refractivity contribution in [2.45, 2.75) is 72.5 Å². The van der Waals surface area contributed by atoms with E-state index in [1.807, 2.05) is 47.5 Å². The SMILES string of the molecule is CC(C)(C)C(CCC[C@H](OC(N)=O)C(=O)Nc1cccc(C#Cc2c(F)c(F)nc(F)c2F)c1)(OC(N)=O)C(C)(C)C. The standard InChI is InChI=1S/C29H34F4N4O5/c1-27(2,3)29(28(4,5)6,42-26(35)40)14-8-11-19(41-25(34)39)24(38)36-17-10-7-9-16(15-17)12-13-18-20(30)22(32)37-23(33)21(18)31/h7,9-10,15,19H,8,11,14H2,1-6H3,(H2,34,39)(H2,35,40)(H,36,38)/t19-/m0/s1. The van der Waals surface area contributed by atoms with Crippen molar-refractivity contribution in [3.8, 4) is 11.8 Å². The Kier molecular flexibility index (Phi) is 10.6. The van der Waals surface area contributed by atoms with Gasteiger partial charge in [0.25, 0.3) is 17.8 Å². The van der Waals surface area contributed by atoms with Crippen molar-refractivity contribution in [2.24, 2.45) is 22.3 Å². The highest BCUT2D eigenvalue weighted by Gasteiger charge is 2.53. The number of benzene rings is 1. The summed E-state index contributed by atoms with van der Waals surface area (Å²) in [7, 11) is 0.